The Morgan fingerprint density at radius 2 is 1.08 bits per heavy atom. The highest BCUT2D eigenvalue weighted by Crippen LogP contribution is 2.20. The van der Waals surface area contributed by atoms with Gasteiger partial charge in [0.25, 0.3) is 0 Å². The Bertz CT molecular complexity index is 254. The van der Waals surface area contributed by atoms with E-state index >= 15 is 0 Å². The quantitative estimate of drug-likeness (QED) is 0.247. The molecule has 0 rings (SSSR count). The highest BCUT2D eigenvalue weighted by atomic mass is 28.4. The molecule has 0 saturated carbocycles. The minimum atomic E-state index is -2.41. The van der Waals surface area contributed by atoms with Gasteiger partial charge in [0, 0.05) is 39.0 Å². The molecule has 152 valence electrons. The molecule has 0 aliphatic carbocycles. The van der Waals surface area contributed by atoms with Gasteiger partial charge in [-0.3, -0.25) is 0 Å². The fourth-order valence-electron chi connectivity index (χ4n) is 3.06. The first kappa shape index (κ1) is 25.0. The molecule has 0 aromatic heterocycles. The number of hydrogen-bond acceptors (Lipinski definition) is 5. The summed E-state index contributed by atoms with van der Waals surface area (Å²) < 4.78 is 17.7. The zero-order chi connectivity index (χ0) is 18.6. The van der Waals surface area contributed by atoms with Crippen molar-refractivity contribution in [3.63, 3.8) is 0 Å². The Morgan fingerprint density at radius 1 is 0.640 bits per heavy atom. The van der Waals surface area contributed by atoms with Gasteiger partial charge in [-0.1, -0.05) is 44.9 Å². The van der Waals surface area contributed by atoms with E-state index in [9.17, 15) is 0 Å². The van der Waals surface area contributed by atoms with Gasteiger partial charge in [0.05, 0.1) is 0 Å². The summed E-state index contributed by atoms with van der Waals surface area (Å²) in [5.74, 6) is 0. The number of hydrogen-bond donors (Lipinski definition) is 2. The second-order valence-corrected chi connectivity index (χ2v) is 9.18. The minimum absolute atomic E-state index is 0.675. The maximum Gasteiger partial charge on any atom is 0.500 e. The molecule has 0 aliphatic rings. The van der Waals surface area contributed by atoms with Crippen molar-refractivity contribution in [2.45, 2.75) is 84.6 Å². The Morgan fingerprint density at radius 3 is 1.52 bits per heavy atom. The van der Waals surface area contributed by atoms with Crippen LogP contribution in [-0.4, -0.2) is 48.3 Å². The first-order chi connectivity index (χ1) is 12.2. The summed E-state index contributed by atoms with van der Waals surface area (Å²) in [5, 5.41) is 3.35. The molecule has 0 radical (unpaired) electrons. The molecular weight excluding hydrogens is 332 g/mol. The molecule has 0 aromatic rings. The Balaban J connectivity index is 3.56. The summed E-state index contributed by atoms with van der Waals surface area (Å²) in [5.41, 5.74) is 5.45. The SMILES string of the molecule is CCO[Si](CCCCCCCCCCCNCCN)(OCC)OCC. The van der Waals surface area contributed by atoms with Crippen LogP contribution in [0.25, 0.3) is 0 Å². The van der Waals surface area contributed by atoms with Crippen LogP contribution in [0.5, 0.6) is 0 Å². The third-order valence-corrected chi connectivity index (χ3v) is 7.40. The van der Waals surface area contributed by atoms with Crippen LogP contribution in [0.3, 0.4) is 0 Å². The normalized spacial score (nSPS) is 12.0. The predicted molar refractivity (Wildman–Crippen MR) is 109 cm³/mol. The molecule has 0 saturated heterocycles. The summed E-state index contributed by atoms with van der Waals surface area (Å²) >= 11 is 0. The van der Waals surface area contributed by atoms with Crippen molar-refractivity contribution in [2.24, 2.45) is 5.73 Å². The zero-order valence-electron chi connectivity index (χ0n) is 17.1. The Labute approximate surface area is 157 Å². The van der Waals surface area contributed by atoms with Crippen molar-refractivity contribution in [3.8, 4) is 0 Å². The smallest absolute Gasteiger partial charge is 0.374 e. The number of rotatable bonds is 20. The maximum absolute atomic E-state index is 5.90. The summed E-state index contributed by atoms with van der Waals surface area (Å²) in [6.07, 6.45) is 11.8. The molecule has 5 nitrogen and oxygen atoms in total. The van der Waals surface area contributed by atoms with Gasteiger partial charge in [-0.15, -0.1) is 0 Å². The van der Waals surface area contributed by atoms with E-state index in [2.05, 4.69) is 5.32 Å². The van der Waals surface area contributed by atoms with E-state index in [0.29, 0.717) is 19.8 Å². The van der Waals surface area contributed by atoms with Crippen molar-refractivity contribution in [2.75, 3.05) is 39.5 Å². The molecule has 6 heteroatoms. The topological polar surface area (TPSA) is 65.7 Å². The van der Waals surface area contributed by atoms with Gasteiger partial charge < -0.3 is 24.3 Å². The van der Waals surface area contributed by atoms with Crippen LogP contribution in [0.4, 0.5) is 0 Å². The summed E-state index contributed by atoms with van der Waals surface area (Å²) in [7, 11) is -2.41. The van der Waals surface area contributed by atoms with Crippen molar-refractivity contribution < 1.29 is 13.3 Å². The lowest BCUT2D eigenvalue weighted by Gasteiger charge is -2.28. The molecule has 0 fully saturated rings. The van der Waals surface area contributed by atoms with Gasteiger partial charge in [0.2, 0.25) is 0 Å². The largest absolute Gasteiger partial charge is 0.500 e. The fourth-order valence-corrected chi connectivity index (χ4v) is 5.74. The lowest BCUT2D eigenvalue weighted by atomic mass is 10.1. The molecule has 3 N–H and O–H groups in total. The van der Waals surface area contributed by atoms with Gasteiger partial charge in [-0.2, -0.15) is 0 Å². The standard InChI is InChI=1S/C19H44N2O3Si/c1-4-22-25(23-5-2,24-6-3)19-15-13-11-9-7-8-10-12-14-17-21-18-16-20/h21H,4-20H2,1-3H3. The van der Waals surface area contributed by atoms with E-state index in [1.807, 2.05) is 20.8 Å². The van der Waals surface area contributed by atoms with E-state index in [-0.39, 0.29) is 0 Å². The molecular formula is C19H44N2O3Si. The van der Waals surface area contributed by atoms with Crippen LogP contribution < -0.4 is 11.1 Å². The van der Waals surface area contributed by atoms with Crippen LogP contribution in [0.15, 0.2) is 0 Å². The van der Waals surface area contributed by atoms with Crippen molar-refractivity contribution in [1.29, 1.82) is 0 Å². The first-order valence-corrected chi connectivity index (χ1v) is 12.5. The van der Waals surface area contributed by atoms with Crippen LogP contribution >= 0.6 is 0 Å². The highest BCUT2D eigenvalue weighted by molar-refractivity contribution is 6.60. The average molecular weight is 377 g/mol. The second kappa shape index (κ2) is 18.8. The highest BCUT2D eigenvalue weighted by Gasteiger charge is 2.39. The van der Waals surface area contributed by atoms with Crippen LogP contribution in [0, 0.1) is 0 Å². The van der Waals surface area contributed by atoms with Crippen LogP contribution in [0.1, 0.15) is 78.6 Å². The van der Waals surface area contributed by atoms with E-state index in [0.717, 1.165) is 32.1 Å². The van der Waals surface area contributed by atoms with Crippen LogP contribution in [0.2, 0.25) is 6.04 Å². The van der Waals surface area contributed by atoms with Gasteiger partial charge >= 0.3 is 8.80 Å². The number of unbranched alkanes of at least 4 members (excludes halogenated alkanes) is 8. The van der Waals surface area contributed by atoms with Crippen molar-refractivity contribution >= 4 is 8.80 Å². The van der Waals surface area contributed by atoms with Gasteiger partial charge in [-0.25, -0.2) is 0 Å². The molecule has 0 amide bonds. The molecule has 25 heavy (non-hydrogen) atoms. The lowest BCUT2D eigenvalue weighted by molar-refractivity contribution is 0.0706. The molecule has 0 aliphatic heterocycles. The van der Waals surface area contributed by atoms with Gasteiger partial charge in [-0.05, 0) is 40.2 Å². The summed E-state index contributed by atoms with van der Waals surface area (Å²) in [4.78, 5) is 0. The van der Waals surface area contributed by atoms with E-state index in [1.54, 1.807) is 0 Å². The molecule has 0 aromatic carbocycles. The van der Waals surface area contributed by atoms with E-state index in [4.69, 9.17) is 19.0 Å². The monoisotopic (exact) mass is 376 g/mol. The molecule has 0 spiro atoms. The molecule has 0 bridgehead atoms. The predicted octanol–water partition coefficient (Wildman–Crippen LogP) is 4.09. The Kier molecular flexibility index (Phi) is 18.8. The molecule has 0 unspecified atom stereocenters. The zero-order valence-corrected chi connectivity index (χ0v) is 18.1. The number of nitrogens with two attached hydrogens (primary N) is 1. The fraction of sp³-hybridized carbons (Fsp3) is 1.00. The van der Waals surface area contributed by atoms with Crippen molar-refractivity contribution in [3.05, 3.63) is 0 Å². The summed E-state index contributed by atoms with van der Waals surface area (Å²) in [6.45, 7) is 10.9. The molecule has 0 heterocycles. The lowest BCUT2D eigenvalue weighted by Crippen LogP contribution is -2.45. The number of nitrogens with one attached hydrogen (secondary N) is 1. The maximum atomic E-state index is 5.90. The van der Waals surface area contributed by atoms with E-state index < -0.39 is 8.80 Å². The van der Waals surface area contributed by atoms with Crippen LogP contribution in [-0.2, 0) is 13.3 Å². The minimum Gasteiger partial charge on any atom is -0.374 e. The van der Waals surface area contributed by atoms with E-state index in [1.165, 1.54) is 51.4 Å². The average Bonchev–Trinajstić information content (AvgIpc) is 2.60. The van der Waals surface area contributed by atoms with Gasteiger partial charge in [0.15, 0.2) is 0 Å². The summed E-state index contributed by atoms with van der Waals surface area (Å²) in [6, 6.07) is 0.957. The third kappa shape index (κ3) is 14.8. The Hall–Kier alpha value is 0.0169. The van der Waals surface area contributed by atoms with Gasteiger partial charge in [0.1, 0.15) is 0 Å². The first-order valence-electron chi connectivity index (χ1n) is 10.6. The third-order valence-electron chi connectivity index (χ3n) is 4.25. The second-order valence-electron chi connectivity index (χ2n) is 6.45. The molecule has 0 atom stereocenters. The van der Waals surface area contributed by atoms with Crippen molar-refractivity contribution in [1.82, 2.24) is 5.32 Å².